The van der Waals surface area contributed by atoms with Gasteiger partial charge < -0.3 is 49.2 Å². The van der Waals surface area contributed by atoms with E-state index in [1.54, 1.807) is 6.92 Å². The molecule has 11 nitrogen and oxygen atoms in total. The minimum Gasteiger partial charge on any atom is -0.479 e. The first-order chi connectivity index (χ1) is 12.3. The average molecular weight is 382 g/mol. The zero-order valence-corrected chi connectivity index (χ0v) is 14.7. The average Bonchev–Trinajstić information content (AvgIpc) is 2.61. The first-order valence-electron chi connectivity index (χ1n) is 8.16. The van der Waals surface area contributed by atoms with Gasteiger partial charge in [0.05, 0.1) is 12.7 Å². The molecule has 26 heavy (non-hydrogen) atoms. The first kappa shape index (κ1) is 21.4. The number of aliphatic hydroxyl groups excluding tert-OH is 4. The van der Waals surface area contributed by atoms with Crippen molar-refractivity contribution < 1.29 is 54.0 Å². The van der Waals surface area contributed by atoms with Gasteiger partial charge in [-0.15, -0.1) is 0 Å². The predicted octanol–water partition coefficient (Wildman–Crippen LogP) is -2.72. The van der Waals surface area contributed by atoms with E-state index >= 15 is 0 Å². The Balaban J connectivity index is 2.21. The lowest BCUT2D eigenvalue weighted by atomic mass is 9.91. The third-order valence-electron chi connectivity index (χ3n) is 4.74. The van der Waals surface area contributed by atoms with E-state index in [4.69, 9.17) is 23.7 Å². The molecule has 0 spiro atoms. The molecule has 7 unspecified atom stereocenters. The predicted molar refractivity (Wildman–Crippen MR) is 81.9 cm³/mol. The maximum Gasteiger partial charge on any atom is 0.335 e. The Kier molecular flexibility index (Phi) is 7.30. The highest BCUT2D eigenvalue weighted by atomic mass is 16.7. The van der Waals surface area contributed by atoms with Crippen molar-refractivity contribution in [3.8, 4) is 0 Å². The zero-order chi connectivity index (χ0) is 19.6. The lowest BCUT2D eigenvalue weighted by molar-refractivity contribution is -0.345. The molecule has 0 bridgehead atoms. The SMILES string of the molecule is COC1OC(C(=O)O)[C@@H](O[C@@H]2OC(CO)C(O)[C@H](OC)C2C)C(O)C1O. The Bertz CT molecular complexity index is 475. The van der Waals surface area contributed by atoms with Crippen molar-refractivity contribution in [1.82, 2.24) is 0 Å². The standard InChI is InChI=1S/C15H26O11/c1-5-10(22-2)7(17)6(4-16)24-14(5)25-11-8(18)9(19)15(23-3)26-12(11)13(20)21/h5-12,14-19H,4H2,1-3H3,(H,20,21)/t5?,6?,7?,8?,9?,10-,11+,12?,14+,15?/m1/s1. The number of carboxylic acid groups (broad SMARTS) is 1. The molecular weight excluding hydrogens is 356 g/mol. The van der Waals surface area contributed by atoms with E-state index in [0.29, 0.717) is 0 Å². The molecule has 152 valence electrons. The highest BCUT2D eigenvalue weighted by Gasteiger charge is 2.52. The number of carbonyl (C=O) groups is 1. The molecule has 10 atom stereocenters. The highest BCUT2D eigenvalue weighted by Crippen LogP contribution is 2.32. The van der Waals surface area contributed by atoms with Gasteiger partial charge in [0, 0.05) is 20.1 Å². The summed E-state index contributed by atoms with van der Waals surface area (Å²) in [5.74, 6) is -2.00. The Morgan fingerprint density at radius 3 is 2.12 bits per heavy atom. The van der Waals surface area contributed by atoms with Gasteiger partial charge in [0.25, 0.3) is 0 Å². The Hall–Kier alpha value is -0.890. The summed E-state index contributed by atoms with van der Waals surface area (Å²) in [6.07, 6.45) is -11.7. The van der Waals surface area contributed by atoms with Crippen molar-refractivity contribution in [3.05, 3.63) is 0 Å². The molecule has 2 fully saturated rings. The summed E-state index contributed by atoms with van der Waals surface area (Å²) in [7, 11) is 2.57. The summed E-state index contributed by atoms with van der Waals surface area (Å²) in [6.45, 7) is 1.12. The monoisotopic (exact) mass is 382 g/mol. The van der Waals surface area contributed by atoms with Crippen molar-refractivity contribution in [2.75, 3.05) is 20.8 Å². The molecule has 2 rings (SSSR count). The number of ether oxygens (including phenoxy) is 5. The fourth-order valence-electron chi connectivity index (χ4n) is 3.25. The molecule has 2 heterocycles. The van der Waals surface area contributed by atoms with E-state index in [9.17, 15) is 30.3 Å². The summed E-state index contributed by atoms with van der Waals surface area (Å²) in [4.78, 5) is 11.5. The van der Waals surface area contributed by atoms with Crippen LogP contribution in [0.4, 0.5) is 0 Å². The highest BCUT2D eigenvalue weighted by molar-refractivity contribution is 5.73. The molecule has 2 saturated heterocycles. The molecule has 0 saturated carbocycles. The normalized spacial score (nSPS) is 46.9. The number of aliphatic hydroxyl groups is 4. The minimum atomic E-state index is -1.63. The summed E-state index contributed by atoms with van der Waals surface area (Å²) in [6, 6.07) is 0. The van der Waals surface area contributed by atoms with Gasteiger partial charge >= 0.3 is 5.97 Å². The Morgan fingerprint density at radius 1 is 0.962 bits per heavy atom. The molecule has 0 aromatic rings. The van der Waals surface area contributed by atoms with Gasteiger partial charge in [-0.3, -0.25) is 0 Å². The molecule has 0 aliphatic carbocycles. The maximum atomic E-state index is 11.5. The molecule has 2 aliphatic rings. The number of rotatable bonds is 6. The van der Waals surface area contributed by atoms with Gasteiger partial charge in [-0.25, -0.2) is 4.79 Å². The first-order valence-corrected chi connectivity index (χ1v) is 8.16. The third kappa shape index (κ3) is 4.01. The maximum absolute atomic E-state index is 11.5. The van der Waals surface area contributed by atoms with Crippen LogP contribution in [0.25, 0.3) is 0 Å². The van der Waals surface area contributed by atoms with Gasteiger partial charge in [0.15, 0.2) is 18.7 Å². The van der Waals surface area contributed by atoms with Gasteiger partial charge in [-0.2, -0.15) is 0 Å². The third-order valence-corrected chi connectivity index (χ3v) is 4.74. The van der Waals surface area contributed by atoms with Gasteiger partial charge in [-0.05, 0) is 0 Å². The van der Waals surface area contributed by atoms with E-state index in [0.717, 1.165) is 0 Å². The van der Waals surface area contributed by atoms with Crippen LogP contribution in [0.1, 0.15) is 6.92 Å². The Morgan fingerprint density at radius 2 is 1.62 bits per heavy atom. The number of carboxylic acids is 1. The van der Waals surface area contributed by atoms with Crippen LogP contribution in [-0.2, 0) is 28.5 Å². The molecule has 5 N–H and O–H groups in total. The van der Waals surface area contributed by atoms with Crippen molar-refractivity contribution in [3.63, 3.8) is 0 Å². The van der Waals surface area contributed by atoms with E-state index in [2.05, 4.69) is 0 Å². The van der Waals surface area contributed by atoms with Crippen LogP contribution in [0.3, 0.4) is 0 Å². The largest absolute Gasteiger partial charge is 0.479 e. The molecule has 0 radical (unpaired) electrons. The zero-order valence-electron chi connectivity index (χ0n) is 14.7. The van der Waals surface area contributed by atoms with Gasteiger partial charge in [0.1, 0.15) is 30.5 Å². The lowest BCUT2D eigenvalue weighted by Gasteiger charge is -2.46. The summed E-state index contributed by atoms with van der Waals surface area (Å²) in [5.41, 5.74) is 0. The van der Waals surface area contributed by atoms with E-state index in [-0.39, 0.29) is 0 Å². The van der Waals surface area contributed by atoms with Crippen molar-refractivity contribution in [2.24, 2.45) is 5.92 Å². The van der Waals surface area contributed by atoms with Crippen LogP contribution in [0.2, 0.25) is 0 Å². The van der Waals surface area contributed by atoms with Crippen molar-refractivity contribution in [2.45, 2.75) is 62.2 Å². The second-order valence-corrected chi connectivity index (χ2v) is 6.36. The lowest BCUT2D eigenvalue weighted by Crippen LogP contribution is -2.64. The quantitative estimate of drug-likeness (QED) is 0.324. The number of methoxy groups -OCH3 is 2. The fourth-order valence-corrected chi connectivity index (χ4v) is 3.25. The molecular formula is C15H26O11. The van der Waals surface area contributed by atoms with Crippen LogP contribution in [0.5, 0.6) is 0 Å². The van der Waals surface area contributed by atoms with E-state index in [1.165, 1.54) is 14.2 Å². The van der Waals surface area contributed by atoms with E-state index < -0.39 is 73.8 Å². The van der Waals surface area contributed by atoms with Crippen LogP contribution in [0, 0.1) is 5.92 Å². The van der Waals surface area contributed by atoms with Crippen molar-refractivity contribution in [1.29, 1.82) is 0 Å². The fraction of sp³-hybridized carbons (Fsp3) is 0.933. The second kappa shape index (κ2) is 8.87. The van der Waals surface area contributed by atoms with Crippen LogP contribution in [-0.4, -0.2) is 108 Å². The number of hydrogen-bond acceptors (Lipinski definition) is 10. The molecule has 0 aromatic heterocycles. The molecule has 11 heteroatoms. The molecule has 0 amide bonds. The van der Waals surface area contributed by atoms with Crippen molar-refractivity contribution >= 4 is 5.97 Å². The van der Waals surface area contributed by atoms with E-state index in [1.807, 2.05) is 0 Å². The van der Waals surface area contributed by atoms with Crippen LogP contribution in [0.15, 0.2) is 0 Å². The smallest absolute Gasteiger partial charge is 0.335 e. The summed E-state index contributed by atoms with van der Waals surface area (Å²) < 4.78 is 26.3. The summed E-state index contributed by atoms with van der Waals surface area (Å²) >= 11 is 0. The Labute approximate surface area is 150 Å². The minimum absolute atomic E-state index is 0.520. The van der Waals surface area contributed by atoms with Crippen LogP contribution >= 0.6 is 0 Å². The topological polar surface area (TPSA) is 164 Å². The van der Waals surface area contributed by atoms with Gasteiger partial charge in [0.2, 0.25) is 0 Å². The molecule has 0 aromatic carbocycles. The second-order valence-electron chi connectivity index (χ2n) is 6.36. The number of aliphatic carboxylic acids is 1. The van der Waals surface area contributed by atoms with Gasteiger partial charge in [-0.1, -0.05) is 6.92 Å². The number of hydrogen-bond donors (Lipinski definition) is 5. The van der Waals surface area contributed by atoms with Crippen LogP contribution < -0.4 is 0 Å². The molecule has 2 aliphatic heterocycles. The summed E-state index contributed by atoms with van der Waals surface area (Å²) in [5, 5.41) is 49.2.